The molecule has 1 aromatic rings. The van der Waals surface area contributed by atoms with E-state index in [9.17, 15) is 0 Å². The first-order valence-electron chi connectivity index (χ1n) is 5.92. The van der Waals surface area contributed by atoms with Gasteiger partial charge in [0.1, 0.15) is 0 Å². The lowest BCUT2D eigenvalue weighted by molar-refractivity contribution is 0.470. The van der Waals surface area contributed by atoms with E-state index >= 15 is 0 Å². The third-order valence-corrected chi connectivity index (χ3v) is 3.67. The van der Waals surface area contributed by atoms with E-state index in [4.69, 9.17) is 6.42 Å². The fourth-order valence-electron chi connectivity index (χ4n) is 1.54. The smallest absolute Gasteiger partial charge is 0.0767 e. The van der Waals surface area contributed by atoms with Crippen LogP contribution in [-0.4, -0.2) is 15.3 Å². The molecule has 0 aromatic carbocycles. The van der Waals surface area contributed by atoms with Crippen molar-refractivity contribution in [3.63, 3.8) is 0 Å². The summed E-state index contributed by atoms with van der Waals surface area (Å²) in [5.41, 5.74) is 1.96. The van der Waals surface area contributed by atoms with Gasteiger partial charge in [0, 0.05) is 13.1 Å². The largest absolute Gasteiger partial charge is 0.296 e. The minimum absolute atomic E-state index is 0.297. The summed E-state index contributed by atoms with van der Waals surface area (Å²) in [6.45, 7) is 9.78. The topological polar surface area (TPSA) is 29.9 Å². The number of aryl methyl sites for hydroxylation is 2. The normalized spacial score (nSPS) is 11.5. The van der Waals surface area contributed by atoms with Gasteiger partial charge < -0.3 is 0 Å². The van der Waals surface area contributed by atoms with Crippen LogP contribution >= 0.6 is 15.9 Å². The molecule has 0 aliphatic carbocycles. The van der Waals surface area contributed by atoms with Crippen molar-refractivity contribution in [1.82, 2.24) is 15.1 Å². The van der Waals surface area contributed by atoms with Gasteiger partial charge >= 0.3 is 0 Å². The predicted octanol–water partition coefficient (Wildman–Crippen LogP) is 2.73. The van der Waals surface area contributed by atoms with E-state index in [-0.39, 0.29) is 5.54 Å². The number of halogens is 1. The summed E-state index contributed by atoms with van der Waals surface area (Å²) in [6.07, 6.45) is 6.39. The van der Waals surface area contributed by atoms with Gasteiger partial charge in [0.15, 0.2) is 0 Å². The molecule has 94 valence electrons. The highest BCUT2D eigenvalue weighted by Crippen LogP contribution is 2.22. The SMILES string of the molecule is C#CC(C)(C)NCc1c(Br)c(CC)nn1CC. The Morgan fingerprint density at radius 2 is 2.12 bits per heavy atom. The molecule has 0 unspecified atom stereocenters. The average Bonchev–Trinajstić information content (AvgIpc) is 2.63. The van der Waals surface area contributed by atoms with Crippen LogP contribution in [0.2, 0.25) is 0 Å². The van der Waals surface area contributed by atoms with E-state index in [1.54, 1.807) is 0 Å². The summed E-state index contributed by atoms with van der Waals surface area (Å²) in [6, 6.07) is 0. The molecule has 17 heavy (non-hydrogen) atoms. The lowest BCUT2D eigenvalue weighted by atomic mass is 10.1. The molecule has 0 fully saturated rings. The Kier molecular flexibility index (Phi) is 4.79. The lowest BCUT2D eigenvalue weighted by Gasteiger charge is -2.20. The Bertz CT molecular complexity index is 427. The third-order valence-electron chi connectivity index (χ3n) is 2.75. The molecule has 1 rings (SSSR count). The molecule has 0 atom stereocenters. The summed E-state index contributed by atoms with van der Waals surface area (Å²) >= 11 is 3.62. The second kappa shape index (κ2) is 5.70. The molecule has 3 nitrogen and oxygen atoms in total. The van der Waals surface area contributed by atoms with Crippen LogP contribution < -0.4 is 5.32 Å². The van der Waals surface area contributed by atoms with Crippen molar-refractivity contribution in [1.29, 1.82) is 0 Å². The second-order valence-corrected chi connectivity index (χ2v) is 5.29. The molecule has 0 saturated heterocycles. The van der Waals surface area contributed by atoms with Crippen molar-refractivity contribution in [3.05, 3.63) is 15.9 Å². The monoisotopic (exact) mass is 297 g/mol. The highest BCUT2D eigenvalue weighted by molar-refractivity contribution is 9.10. The van der Waals surface area contributed by atoms with Gasteiger partial charge in [-0.25, -0.2) is 0 Å². The second-order valence-electron chi connectivity index (χ2n) is 4.50. The predicted molar refractivity (Wildman–Crippen MR) is 74.7 cm³/mol. The van der Waals surface area contributed by atoms with Crippen molar-refractivity contribution in [2.24, 2.45) is 0 Å². The standard InChI is InChI=1S/C13H20BrN3/c1-6-10-12(14)11(17(8-3)16-10)9-15-13(4,5)7-2/h2,15H,6,8-9H2,1,3-5H3. The van der Waals surface area contributed by atoms with E-state index in [0.29, 0.717) is 0 Å². The molecule has 0 amide bonds. The van der Waals surface area contributed by atoms with Crippen LogP contribution in [0.3, 0.4) is 0 Å². The van der Waals surface area contributed by atoms with E-state index in [1.807, 2.05) is 18.5 Å². The Labute approximate surface area is 112 Å². The van der Waals surface area contributed by atoms with Gasteiger partial charge in [0.25, 0.3) is 0 Å². The number of hydrogen-bond acceptors (Lipinski definition) is 2. The summed E-state index contributed by atoms with van der Waals surface area (Å²) in [5.74, 6) is 2.73. The molecule has 0 bridgehead atoms. The molecule has 4 heteroatoms. The van der Waals surface area contributed by atoms with Gasteiger partial charge in [-0.1, -0.05) is 12.8 Å². The minimum atomic E-state index is -0.297. The van der Waals surface area contributed by atoms with Crippen LogP contribution in [0.25, 0.3) is 0 Å². The molecule has 1 N–H and O–H groups in total. The van der Waals surface area contributed by atoms with E-state index in [1.165, 1.54) is 0 Å². The van der Waals surface area contributed by atoms with Crippen molar-refractivity contribution in [3.8, 4) is 12.3 Å². The van der Waals surface area contributed by atoms with Crippen LogP contribution in [0.1, 0.15) is 39.1 Å². The lowest BCUT2D eigenvalue weighted by Crippen LogP contribution is -2.37. The fourth-order valence-corrected chi connectivity index (χ4v) is 2.25. The molecule has 0 aliphatic heterocycles. The highest BCUT2D eigenvalue weighted by Gasteiger charge is 2.17. The van der Waals surface area contributed by atoms with Crippen molar-refractivity contribution in [2.75, 3.05) is 0 Å². The maximum atomic E-state index is 5.46. The van der Waals surface area contributed by atoms with Gasteiger partial charge in [-0.2, -0.15) is 5.10 Å². The van der Waals surface area contributed by atoms with Crippen molar-refractivity contribution < 1.29 is 0 Å². The number of terminal acetylenes is 1. The number of aromatic nitrogens is 2. The van der Waals surface area contributed by atoms with Crippen molar-refractivity contribution in [2.45, 2.75) is 52.7 Å². The number of hydrogen-bond donors (Lipinski definition) is 1. The maximum Gasteiger partial charge on any atom is 0.0767 e. The Hall–Kier alpha value is -0.790. The van der Waals surface area contributed by atoms with Crippen LogP contribution in [0, 0.1) is 12.3 Å². The van der Waals surface area contributed by atoms with E-state index < -0.39 is 0 Å². The number of nitrogens with one attached hydrogen (secondary N) is 1. The average molecular weight is 298 g/mol. The summed E-state index contributed by atoms with van der Waals surface area (Å²) in [5, 5.41) is 7.90. The first-order valence-corrected chi connectivity index (χ1v) is 6.71. The quantitative estimate of drug-likeness (QED) is 0.847. The Morgan fingerprint density at radius 1 is 1.47 bits per heavy atom. The summed E-state index contributed by atoms with van der Waals surface area (Å²) in [4.78, 5) is 0. The Morgan fingerprint density at radius 3 is 2.59 bits per heavy atom. The van der Waals surface area contributed by atoms with Gasteiger partial charge in [-0.15, -0.1) is 6.42 Å². The number of nitrogens with zero attached hydrogens (tertiary/aromatic N) is 2. The summed E-state index contributed by atoms with van der Waals surface area (Å²) < 4.78 is 3.12. The maximum absolute atomic E-state index is 5.46. The first kappa shape index (κ1) is 14.3. The highest BCUT2D eigenvalue weighted by atomic mass is 79.9. The molecular formula is C13H20BrN3. The summed E-state index contributed by atoms with van der Waals surface area (Å²) in [7, 11) is 0. The molecular weight excluding hydrogens is 278 g/mol. The number of rotatable bonds is 5. The fraction of sp³-hybridized carbons (Fsp3) is 0.615. The van der Waals surface area contributed by atoms with Crippen molar-refractivity contribution >= 4 is 15.9 Å². The zero-order chi connectivity index (χ0) is 13.1. The van der Waals surface area contributed by atoms with E-state index in [2.05, 4.69) is 46.1 Å². The molecule has 0 aliphatic rings. The molecule has 1 aromatic heterocycles. The minimum Gasteiger partial charge on any atom is -0.296 e. The van der Waals surface area contributed by atoms with Gasteiger partial charge in [-0.3, -0.25) is 10.00 Å². The van der Waals surface area contributed by atoms with Crippen LogP contribution in [0.15, 0.2) is 4.47 Å². The molecule has 1 heterocycles. The zero-order valence-corrected chi connectivity index (χ0v) is 12.6. The van der Waals surface area contributed by atoms with Gasteiger partial charge in [-0.05, 0) is 43.1 Å². The van der Waals surface area contributed by atoms with Crippen LogP contribution in [0.5, 0.6) is 0 Å². The first-order chi connectivity index (χ1) is 7.95. The molecule has 0 saturated carbocycles. The van der Waals surface area contributed by atoms with E-state index in [0.717, 1.165) is 35.4 Å². The zero-order valence-electron chi connectivity index (χ0n) is 11.0. The molecule has 0 radical (unpaired) electrons. The molecule has 0 spiro atoms. The Balaban J connectivity index is 2.91. The van der Waals surface area contributed by atoms with Gasteiger partial charge in [0.2, 0.25) is 0 Å². The van der Waals surface area contributed by atoms with Crippen LogP contribution in [-0.2, 0) is 19.5 Å². The van der Waals surface area contributed by atoms with Gasteiger partial charge in [0.05, 0.1) is 21.4 Å². The third kappa shape index (κ3) is 3.34. The van der Waals surface area contributed by atoms with Crippen LogP contribution in [0.4, 0.5) is 0 Å².